The first-order chi connectivity index (χ1) is 15.4. The molecule has 0 radical (unpaired) electrons. The van der Waals surface area contributed by atoms with Gasteiger partial charge in [-0.3, -0.25) is 29.0 Å². The minimum Gasteiger partial charge on any atom is -0.352 e. The maximum Gasteiger partial charge on any atom is 0.331 e. The molecule has 1 saturated heterocycles. The molecule has 5 rings (SSSR count). The minimum absolute atomic E-state index is 0.0785. The molecule has 3 aliphatic rings. The zero-order valence-corrected chi connectivity index (χ0v) is 18.3. The van der Waals surface area contributed by atoms with Gasteiger partial charge in [0.15, 0.2) is 5.41 Å². The van der Waals surface area contributed by atoms with E-state index < -0.39 is 29.3 Å². The van der Waals surface area contributed by atoms with E-state index >= 15 is 0 Å². The Balaban J connectivity index is 1.68. The van der Waals surface area contributed by atoms with Crippen molar-refractivity contribution in [3.63, 3.8) is 0 Å². The van der Waals surface area contributed by atoms with E-state index in [2.05, 4.69) is 5.32 Å². The van der Waals surface area contributed by atoms with E-state index in [-0.39, 0.29) is 18.0 Å². The van der Waals surface area contributed by atoms with Gasteiger partial charge in [0.25, 0.3) is 5.56 Å². The lowest BCUT2D eigenvalue weighted by atomic mass is 9.69. The molecule has 9 heteroatoms. The van der Waals surface area contributed by atoms with E-state index in [1.165, 1.54) is 9.30 Å². The average Bonchev–Trinajstić information content (AvgIpc) is 2.79. The van der Waals surface area contributed by atoms with Crippen LogP contribution in [-0.4, -0.2) is 50.8 Å². The Bertz CT molecular complexity index is 1180. The molecule has 0 aromatic carbocycles. The Labute approximate surface area is 185 Å². The molecular formula is C23H27N5O4. The standard InChI is InChI=1S/C23H27N5O4/c1-3-26-14(2)23(13-16-18(26)24-17-11-7-8-12-27(17)19(16)29)20(30)25-22(32)28(21(23)31)15-9-5-4-6-10-15/h7-8,11-12,14-15H,3-6,9-10,13H2,1-2H3,(H,25,30,32)/t14-,23+/m0/s1. The lowest BCUT2D eigenvalue weighted by Gasteiger charge is -2.51. The number of anilines is 1. The number of carbonyl (C=O) groups excluding carboxylic acids is 3. The summed E-state index contributed by atoms with van der Waals surface area (Å²) in [5.74, 6) is -0.621. The van der Waals surface area contributed by atoms with Crippen LogP contribution in [0.25, 0.3) is 5.65 Å². The largest absolute Gasteiger partial charge is 0.352 e. The fraction of sp³-hybridized carbons (Fsp3) is 0.522. The predicted molar refractivity (Wildman–Crippen MR) is 117 cm³/mol. The smallest absolute Gasteiger partial charge is 0.331 e. The molecule has 4 amide bonds. The molecule has 2 aromatic heterocycles. The van der Waals surface area contributed by atoms with Crippen LogP contribution < -0.4 is 15.8 Å². The Hall–Kier alpha value is -3.23. The van der Waals surface area contributed by atoms with Crippen LogP contribution in [-0.2, 0) is 16.0 Å². The van der Waals surface area contributed by atoms with Gasteiger partial charge in [-0.15, -0.1) is 0 Å². The number of nitrogens with zero attached hydrogens (tertiary/aromatic N) is 4. The van der Waals surface area contributed by atoms with Crippen LogP contribution in [0.5, 0.6) is 0 Å². The van der Waals surface area contributed by atoms with Crippen molar-refractivity contribution in [2.24, 2.45) is 5.41 Å². The SMILES string of the molecule is CCN1c2nc3ccccn3c(=O)c2C[C@]2(C(=O)NC(=O)N(C3CCCCC3)C2=O)[C@@H]1C. The summed E-state index contributed by atoms with van der Waals surface area (Å²) in [6.45, 7) is 4.18. The number of fused-ring (bicyclic) bond motifs is 2. The number of urea groups is 1. The molecule has 2 aliphatic heterocycles. The normalized spacial score (nSPS) is 26.6. The fourth-order valence-corrected chi connectivity index (χ4v) is 5.67. The molecule has 0 bridgehead atoms. The highest BCUT2D eigenvalue weighted by Crippen LogP contribution is 2.43. The van der Waals surface area contributed by atoms with Gasteiger partial charge in [0.05, 0.1) is 11.6 Å². The third-order valence-electron chi connectivity index (χ3n) is 7.44. The number of aromatic nitrogens is 2. The monoisotopic (exact) mass is 437 g/mol. The summed E-state index contributed by atoms with van der Waals surface area (Å²) in [5.41, 5.74) is -1.01. The molecular weight excluding hydrogens is 410 g/mol. The van der Waals surface area contributed by atoms with E-state index in [1.54, 1.807) is 18.3 Å². The van der Waals surface area contributed by atoms with Crippen LogP contribution in [0.4, 0.5) is 10.6 Å². The summed E-state index contributed by atoms with van der Waals surface area (Å²) in [7, 11) is 0. The number of rotatable bonds is 2. The second-order valence-corrected chi connectivity index (χ2v) is 8.98. The summed E-state index contributed by atoms with van der Waals surface area (Å²) in [4.78, 5) is 61.3. The predicted octanol–water partition coefficient (Wildman–Crippen LogP) is 1.86. The highest BCUT2D eigenvalue weighted by atomic mass is 16.2. The first-order valence-corrected chi connectivity index (χ1v) is 11.4. The molecule has 168 valence electrons. The summed E-state index contributed by atoms with van der Waals surface area (Å²) >= 11 is 0. The molecule has 0 unspecified atom stereocenters. The zero-order chi connectivity index (χ0) is 22.6. The molecule has 2 atom stereocenters. The molecule has 1 N–H and O–H groups in total. The number of hydrogen-bond acceptors (Lipinski definition) is 6. The maximum atomic E-state index is 14.0. The maximum absolute atomic E-state index is 14.0. The molecule has 32 heavy (non-hydrogen) atoms. The summed E-state index contributed by atoms with van der Waals surface area (Å²) in [6.07, 6.45) is 5.99. The topological polar surface area (TPSA) is 104 Å². The van der Waals surface area contributed by atoms with Crippen LogP contribution in [0.3, 0.4) is 0 Å². The quantitative estimate of drug-likeness (QED) is 0.720. The minimum atomic E-state index is -1.56. The number of pyridine rings is 1. The van der Waals surface area contributed by atoms with Crippen LogP contribution in [0, 0.1) is 5.41 Å². The molecule has 2 fully saturated rings. The zero-order valence-electron chi connectivity index (χ0n) is 18.3. The van der Waals surface area contributed by atoms with Crippen molar-refractivity contribution >= 4 is 29.3 Å². The fourth-order valence-electron chi connectivity index (χ4n) is 5.67. The first kappa shape index (κ1) is 20.7. The van der Waals surface area contributed by atoms with Crippen molar-refractivity contribution < 1.29 is 14.4 Å². The van der Waals surface area contributed by atoms with Crippen molar-refractivity contribution in [2.45, 2.75) is 64.5 Å². The summed E-state index contributed by atoms with van der Waals surface area (Å²) in [6, 6.07) is 3.87. The lowest BCUT2D eigenvalue weighted by Crippen LogP contribution is -2.73. The number of nitrogens with one attached hydrogen (secondary N) is 1. The van der Waals surface area contributed by atoms with Gasteiger partial charge in [-0.2, -0.15) is 0 Å². The third kappa shape index (κ3) is 2.73. The van der Waals surface area contributed by atoms with Crippen molar-refractivity contribution in [3.05, 3.63) is 40.3 Å². The van der Waals surface area contributed by atoms with E-state index in [9.17, 15) is 19.2 Å². The average molecular weight is 438 g/mol. The lowest BCUT2D eigenvalue weighted by molar-refractivity contribution is -0.155. The number of amides is 4. The van der Waals surface area contributed by atoms with E-state index in [0.717, 1.165) is 32.1 Å². The Morgan fingerprint density at radius 1 is 1.12 bits per heavy atom. The molecule has 1 spiro atoms. The van der Waals surface area contributed by atoms with Crippen LogP contribution in [0.2, 0.25) is 0 Å². The van der Waals surface area contributed by atoms with Crippen LogP contribution >= 0.6 is 0 Å². The molecule has 2 aromatic rings. The molecule has 9 nitrogen and oxygen atoms in total. The number of carbonyl (C=O) groups is 3. The number of barbiturate groups is 1. The van der Waals surface area contributed by atoms with Gasteiger partial charge in [-0.1, -0.05) is 25.3 Å². The molecule has 4 heterocycles. The van der Waals surface area contributed by atoms with Gasteiger partial charge in [0, 0.05) is 25.2 Å². The van der Waals surface area contributed by atoms with E-state index in [0.29, 0.717) is 23.6 Å². The Morgan fingerprint density at radius 2 is 1.88 bits per heavy atom. The first-order valence-electron chi connectivity index (χ1n) is 11.4. The van der Waals surface area contributed by atoms with Crippen molar-refractivity contribution in [3.8, 4) is 0 Å². The second kappa shape index (κ2) is 7.43. The third-order valence-corrected chi connectivity index (χ3v) is 7.44. The van der Waals surface area contributed by atoms with Gasteiger partial charge >= 0.3 is 6.03 Å². The van der Waals surface area contributed by atoms with Crippen molar-refractivity contribution in [1.82, 2.24) is 19.6 Å². The number of imide groups is 2. The number of hydrogen-bond donors (Lipinski definition) is 1. The van der Waals surface area contributed by atoms with Crippen molar-refractivity contribution in [2.75, 3.05) is 11.4 Å². The van der Waals surface area contributed by atoms with Crippen LogP contribution in [0.15, 0.2) is 29.2 Å². The van der Waals surface area contributed by atoms with E-state index in [1.807, 2.05) is 24.8 Å². The van der Waals surface area contributed by atoms with Gasteiger partial charge < -0.3 is 4.90 Å². The van der Waals surface area contributed by atoms with Crippen molar-refractivity contribution in [1.29, 1.82) is 0 Å². The Morgan fingerprint density at radius 3 is 2.59 bits per heavy atom. The summed E-state index contributed by atoms with van der Waals surface area (Å²) < 4.78 is 1.44. The molecule has 1 saturated carbocycles. The van der Waals surface area contributed by atoms with Gasteiger partial charge in [0.1, 0.15) is 11.5 Å². The van der Waals surface area contributed by atoms with Crippen LogP contribution in [0.1, 0.15) is 51.5 Å². The van der Waals surface area contributed by atoms with Gasteiger partial charge in [-0.05, 0) is 38.8 Å². The van der Waals surface area contributed by atoms with Gasteiger partial charge in [-0.25, -0.2) is 9.78 Å². The molecule has 1 aliphatic carbocycles. The Kier molecular flexibility index (Phi) is 4.79. The second-order valence-electron chi connectivity index (χ2n) is 8.98. The van der Waals surface area contributed by atoms with E-state index in [4.69, 9.17) is 4.98 Å². The highest BCUT2D eigenvalue weighted by molar-refractivity contribution is 6.20. The highest BCUT2D eigenvalue weighted by Gasteiger charge is 2.62. The van der Waals surface area contributed by atoms with Gasteiger partial charge in [0.2, 0.25) is 11.8 Å². The summed E-state index contributed by atoms with van der Waals surface area (Å²) in [5, 5.41) is 2.45.